The topological polar surface area (TPSA) is 114 Å². The number of aromatic amines is 1. The van der Waals surface area contributed by atoms with E-state index in [1.54, 1.807) is 0 Å². The van der Waals surface area contributed by atoms with Gasteiger partial charge in [-0.3, -0.25) is 10.3 Å². The Hall–Kier alpha value is -3.11. The number of H-pyrrole nitrogens is 1. The Bertz CT molecular complexity index is 1110. The fraction of sp³-hybridized carbons (Fsp3) is 0.381. The van der Waals surface area contributed by atoms with Crippen molar-refractivity contribution in [3.05, 3.63) is 53.1 Å². The summed E-state index contributed by atoms with van der Waals surface area (Å²) in [6.45, 7) is 1.51. The molecule has 0 radical (unpaired) electrons. The number of aromatic nitrogens is 3. The van der Waals surface area contributed by atoms with Gasteiger partial charge in [0.2, 0.25) is 5.95 Å². The van der Waals surface area contributed by atoms with Gasteiger partial charge in [0.15, 0.2) is 5.67 Å². The Balaban J connectivity index is 1.41. The summed E-state index contributed by atoms with van der Waals surface area (Å²) in [5, 5.41) is 21.2. The van der Waals surface area contributed by atoms with E-state index < -0.39 is 30.2 Å². The third-order valence-electron chi connectivity index (χ3n) is 5.55. The highest BCUT2D eigenvalue weighted by Gasteiger charge is 2.41. The highest BCUT2D eigenvalue weighted by molar-refractivity contribution is 5.90. The van der Waals surface area contributed by atoms with Crippen LogP contribution in [0.1, 0.15) is 35.8 Å². The number of nitrogens with zero attached hydrogens (tertiary/aromatic N) is 3. The zero-order chi connectivity index (χ0) is 22.2. The van der Waals surface area contributed by atoms with Crippen LogP contribution in [0, 0.1) is 12.7 Å². The van der Waals surface area contributed by atoms with Crippen molar-refractivity contribution < 1.29 is 23.8 Å². The summed E-state index contributed by atoms with van der Waals surface area (Å²) in [4.78, 5) is 25.2. The molecule has 0 aliphatic carbocycles. The number of carbonyl (C=O) groups is 1. The third-order valence-corrected chi connectivity index (χ3v) is 5.55. The maximum Gasteiger partial charge on any atom is 0.324 e. The van der Waals surface area contributed by atoms with Gasteiger partial charge in [-0.05, 0) is 30.7 Å². The number of amides is 2. The zero-order valence-electron chi connectivity index (χ0n) is 16.9. The summed E-state index contributed by atoms with van der Waals surface area (Å²) >= 11 is 0. The number of carbonyl (C=O) groups excluding carboxylic acids is 1. The van der Waals surface area contributed by atoms with E-state index in [9.17, 15) is 14.3 Å². The maximum atomic E-state index is 15.4. The van der Waals surface area contributed by atoms with E-state index in [-0.39, 0.29) is 37.2 Å². The molecule has 164 valence electrons. The number of halogens is 2. The Morgan fingerprint density at radius 3 is 2.77 bits per heavy atom. The van der Waals surface area contributed by atoms with Gasteiger partial charge < -0.3 is 20.1 Å². The Labute approximate surface area is 176 Å². The second kappa shape index (κ2) is 8.20. The summed E-state index contributed by atoms with van der Waals surface area (Å²) in [6.07, 6.45) is -0.362. The second-order valence-electron chi connectivity index (χ2n) is 7.79. The van der Waals surface area contributed by atoms with Crippen LogP contribution in [0.5, 0.6) is 0 Å². The molecule has 0 saturated carbocycles. The van der Waals surface area contributed by atoms with E-state index in [0.29, 0.717) is 5.95 Å². The first-order valence-electron chi connectivity index (χ1n) is 9.95. The van der Waals surface area contributed by atoms with E-state index in [1.165, 1.54) is 4.90 Å². The number of hydrogen-bond donors (Lipinski definition) is 4. The Morgan fingerprint density at radius 2 is 2.10 bits per heavy atom. The normalized spacial score (nSPS) is 17.0. The van der Waals surface area contributed by atoms with Crippen LogP contribution in [-0.4, -0.2) is 55.8 Å². The lowest BCUT2D eigenvalue weighted by Gasteiger charge is -2.36. The number of hydrogen-bond acceptors (Lipinski definition) is 5. The minimum atomic E-state index is -2.03. The first-order valence-corrected chi connectivity index (χ1v) is 9.95. The summed E-state index contributed by atoms with van der Waals surface area (Å²) in [5.41, 5.74) is 0.274. The molecule has 3 aromatic rings. The number of benzene rings is 1. The molecule has 31 heavy (non-hydrogen) atoms. The van der Waals surface area contributed by atoms with Gasteiger partial charge in [-0.25, -0.2) is 18.6 Å². The summed E-state index contributed by atoms with van der Waals surface area (Å²) in [7, 11) is 0. The third kappa shape index (κ3) is 4.21. The average molecular weight is 431 g/mol. The molecule has 8 nitrogen and oxygen atoms in total. The number of imidazole rings is 1. The first kappa shape index (κ1) is 21.1. The number of urea groups is 1. The van der Waals surface area contributed by atoms with E-state index >= 15 is 4.39 Å². The molecule has 1 fully saturated rings. The van der Waals surface area contributed by atoms with E-state index in [0.717, 1.165) is 28.9 Å². The molecule has 1 aromatic carbocycles. The number of rotatable bonds is 4. The predicted molar refractivity (Wildman–Crippen MR) is 110 cm³/mol. The molecule has 0 bridgehead atoms. The van der Waals surface area contributed by atoms with Gasteiger partial charge in [0.25, 0.3) is 0 Å². The highest BCUT2D eigenvalue weighted by atomic mass is 19.1. The van der Waals surface area contributed by atoms with Crippen LogP contribution in [-0.2, 0) is 5.67 Å². The number of aliphatic hydroxyl groups is 2. The molecule has 2 aromatic heterocycles. The van der Waals surface area contributed by atoms with Gasteiger partial charge in [0, 0.05) is 37.7 Å². The summed E-state index contributed by atoms with van der Waals surface area (Å²) in [6, 6.07) is 6.24. The van der Waals surface area contributed by atoms with Crippen LogP contribution in [0.25, 0.3) is 11.0 Å². The molecule has 1 aliphatic rings. The van der Waals surface area contributed by atoms with Gasteiger partial charge >= 0.3 is 6.03 Å². The van der Waals surface area contributed by atoms with Gasteiger partial charge in [-0.15, -0.1) is 0 Å². The van der Waals surface area contributed by atoms with Crippen molar-refractivity contribution in [1.82, 2.24) is 19.9 Å². The number of nitrogens with one attached hydrogen (secondary N) is 2. The standard InChI is InChI=1S/C21H23F2N5O3/c1-12-2-3-15-16(8-12)26-19(25-15)27-20(31)28-6-4-21(23,5-7-28)18-14(22)9-13(10-24-18)17(30)11-29/h2-3,8-10,17,29-30H,4-7,11H2,1H3,(H2,25,26,27,31)/t17-/m0/s1. The minimum absolute atomic E-state index is 0.0732. The molecule has 1 saturated heterocycles. The number of likely N-dealkylation sites (tertiary alicyclic amines) is 1. The van der Waals surface area contributed by atoms with Crippen molar-refractivity contribution in [3.63, 3.8) is 0 Å². The lowest BCUT2D eigenvalue weighted by molar-refractivity contribution is 0.0639. The lowest BCUT2D eigenvalue weighted by Crippen LogP contribution is -2.45. The quantitative estimate of drug-likeness (QED) is 0.507. The Kier molecular flexibility index (Phi) is 5.59. The number of anilines is 1. The smallest absolute Gasteiger partial charge is 0.324 e. The van der Waals surface area contributed by atoms with E-state index in [4.69, 9.17) is 5.11 Å². The molecule has 1 atom stereocenters. The van der Waals surface area contributed by atoms with E-state index in [2.05, 4.69) is 20.3 Å². The van der Waals surface area contributed by atoms with Crippen LogP contribution in [0.3, 0.4) is 0 Å². The number of aliphatic hydroxyl groups excluding tert-OH is 2. The van der Waals surface area contributed by atoms with Crippen molar-refractivity contribution in [2.45, 2.75) is 31.5 Å². The predicted octanol–water partition coefficient (Wildman–Crippen LogP) is 2.92. The van der Waals surface area contributed by atoms with E-state index in [1.807, 2.05) is 25.1 Å². The van der Waals surface area contributed by atoms with Crippen LogP contribution in [0.2, 0.25) is 0 Å². The summed E-state index contributed by atoms with van der Waals surface area (Å²) in [5.74, 6) is -0.587. The van der Waals surface area contributed by atoms with Crippen LogP contribution in [0.15, 0.2) is 30.5 Å². The van der Waals surface area contributed by atoms with Crippen LogP contribution in [0.4, 0.5) is 19.5 Å². The number of fused-ring (bicyclic) bond motifs is 1. The fourth-order valence-electron chi connectivity index (χ4n) is 3.73. The van der Waals surface area contributed by atoms with Gasteiger partial charge in [0.1, 0.15) is 17.6 Å². The zero-order valence-corrected chi connectivity index (χ0v) is 16.9. The molecule has 4 N–H and O–H groups in total. The fourth-order valence-corrected chi connectivity index (χ4v) is 3.73. The van der Waals surface area contributed by atoms with Crippen molar-refractivity contribution >= 4 is 23.0 Å². The molecule has 4 rings (SSSR count). The lowest BCUT2D eigenvalue weighted by atomic mass is 9.89. The molecular weight excluding hydrogens is 408 g/mol. The molecule has 0 unspecified atom stereocenters. The Morgan fingerprint density at radius 1 is 1.35 bits per heavy atom. The van der Waals surface area contributed by atoms with Gasteiger partial charge in [-0.2, -0.15) is 0 Å². The average Bonchev–Trinajstić information content (AvgIpc) is 3.14. The van der Waals surface area contributed by atoms with Crippen molar-refractivity contribution in [3.8, 4) is 0 Å². The van der Waals surface area contributed by atoms with Crippen molar-refractivity contribution in [2.75, 3.05) is 25.0 Å². The number of aryl methyl sites for hydroxylation is 1. The van der Waals surface area contributed by atoms with Crippen molar-refractivity contribution in [1.29, 1.82) is 0 Å². The highest BCUT2D eigenvalue weighted by Crippen LogP contribution is 2.37. The molecule has 2 amide bonds. The molecule has 3 heterocycles. The van der Waals surface area contributed by atoms with Crippen molar-refractivity contribution in [2.24, 2.45) is 0 Å². The monoisotopic (exact) mass is 431 g/mol. The molecule has 10 heteroatoms. The van der Waals surface area contributed by atoms with Gasteiger partial charge in [0.05, 0.1) is 17.6 Å². The molecule has 0 spiro atoms. The summed E-state index contributed by atoms with van der Waals surface area (Å²) < 4.78 is 29.9. The second-order valence-corrected chi connectivity index (χ2v) is 7.79. The SMILES string of the molecule is Cc1ccc2nc(NC(=O)N3CCC(F)(c4ncc([C@@H](O)CO)cc4F)CC3)[nH]c2c1. The maximum absolute atomic E-state index is 15.4. The van der Waals surface area contributed by atoms with Crippen LogP contribution >= 0.6 is 0 Å². The van der Waals surface area contributed by atoms with Crippen LogP contribution < -0.4 is 5.32 Å². The largest absolute Gasteiger partial charge is 0.393 e. The van der Waals surface area contributed by atoms with Gasteiger partial charge in [-0.1, -0.05) is 6.07 Å². The first-order chi connectivity index (χ1) is 14.8. The number of alkyl halides is 1. The number of piperidine rings is 1. The molecule has 1 aliphatic heterocycles. The number of pyridine rings is 1. The minimum Gasteiger partial charge on any atom is -0.393 e. The molecular formula is C21H23F2N5O3.